The monoisotopic (exact) mass is 341 g/mol. The first kappa shape index (κ1) is 15.1. The molecule has 0 saturated heterocycles. The predicted octanol–water partition coefficient (Wildman–Crippen LogP) is 3.89. The number of fused-ring (bicyclic) bond motifs is 2. The summed E-state index contributed by atoms with van der Waals surface area (Å²) in [6.07, 6.45) is 6.49. The maximum absolute atomic E-state index is 4.66. The Hall–Kier alpha value is -3.21. The number of benzene rings is 2. The molecule has 26 heavy (non-hydrogen) atoms. The van der Waals surface area contributed by atoms with Gasteiger partial charge in [-0.25, -0.2) is 9.97 Å². The highest BCUT2D eigenvalue weighted by Crippen LogP contribution is 2.32. The van der Waals surface area contributed by atoms with Gasteiger partial charge in [-0.15, -0.1) is 0 Å². The molecule has 1 aliphatic heterocycles. The smallest absolute Gasteiger partial charge is 0.140 e. The average molecular weight is 341 g/mol. The van der Waals surface area contributed by atoms with Gasteiger partial charge < -0.3 is 4.90 Å². The molecule has 2 aromatic carbocycles. The molecule has 5 nitrogen and oxygen atoms in total. The third kappa shape index (κ3) is 2.44. The van der Waals surface area contributed by atoms with Gasteiger partial charge in [-0.05, 0) is 47.7 Å². The first-order valence-electron chi connectivity index (χ1n) is 8.86. The van der Waals surface area contributed by atoms with Gasteiger partial charge in [0.15, 0.2) is 0 Å². The van der Waals surface area contributed by atoms with Gasteiger partial charge in [-0.1, -0.05) is 24.3 Å². The van der Waals surface area contributed by atoms with Gasteiger partial charge >= 0.3 is 0 Å². The molecular formula is C21H19N5. The largest absolute Gasteiger partial charge is 0.351 e. The minimum absolute atomic E-state index is 0.886. The first-order valence-corrected chi connectivity index (χ1v) is 8.86. The lowest BCUT2D eigenvalue weighted by Gasteiger charge is -2.30. The fraction of sp³-hybridized carbons (Fsp3) is 0.190. The second kappa shape index (κ2) is 5.95. The molecule has 2 aromatic heterocycles. The molecule has 1 aliphatic rings. The number of nitrogens with one attached hydrogen (secondary N) is 1. The highest BCUT2D eigenvalue weighted by Gasteiger charge is 2.20. The number of hydrogen-bond donors (Lipinski definition) is 1. The zero-order chi connectivity index (χ0) is 17.5. The average Bonchev–Trinajstić information content (AvgIpc) is 3.22. The molecule has 4 aromatic rings. The SMILES string of the molecule is Cc1cc(-c2cn[nH]c2)cc2c(N3CCc4ccccc4C3)ncnc12. The molecule has 5 rings (SSSR count). The summed E-state index contributed by atoms with van der Waals surface area (Å²) in [5, 5.41) is 8.07. The van der Waals surface area contributed by atoms with E-state index in [4.69, 9.17) is 0 Å². The van der Waals surface area contributed by atoms with Gasteiger partial charge in [0, 0.05) is 30.2 Å². The number of hydrogen-bond acceptors (Lipinski definition) is 4. The van der Waals surface area contributed by atoms with Crippen LogP contribution in [0.3, 0.4) is 0 Å². The topological polar surface area (TPSA) is 57.7 Å². The van der Waals surface area contributed by atoms with Gasteiger partial charge in [0.25, 0.3) is 0 Å². The molecule has 0 atom stereocenters. The van der Waals surface area contributed by atoms with Crippen LogP contribution in [0.2, 0.25) is 0 Å². The summed E-state index contributed by atoms with van der Waals surface area (Å²) in [4.78, 5) is 11.6. The zero-order valence-corrected chi connectivity index (χ0v) is 14.6. The Kier molecular flexibility index (Phi) is 3.45. The highest BCUT2D eigenvalue weighted by molar-refractivity contribution is 5.95. The minimum Gasteiger partial charge on any atom is -0.351 e. The van der Waals surface area contributed by atoms with Gasteiger partial charge in [-0.2, -0.15) is 5.10 Å². The van der Waals surface area contributed by atoms with Crippen molar-refractivity contribution in [3.05, 3.63) is 71.8 Å². The summed E-state index contributed by atoms with van der Waals surface area (Å²) in [7, 11) is 0. The minimum atomic E-state index is 0.886. The van der Waals surface area contributed by atoms with E-state index >= 15 is 0 Å². The van der Waals surface area contributed by atoms with Crippen LogP contribution < -0.4 is 4.90 Å². The summed E-state index contributed by atoms with van der Waals surface area (Å²) in [5.41, 5.74) is 7.21. The van der Waals surface area contributed by atoms with Crippen LogP contribution in [0, 0.1) is 6.92 Å². The van der Waals surface area contributed by atoms with Crippen LogP contribution >= 0.6 is 0 Å². The van der Waals surface area contributed by atoms with Gasteiger partial charge in [0.05, 0.1) is 11.7 Å². The van der Waals surface area contributed by atoms with E-state index in [1.165, 1.54) is 11.1 Å². The fourth-order valence-electron chi connectivity index (χ4n) is 3.84. The van der Waals surface area contributed by atoms with Crippen molar-refractivity contribution in [2.24, 2.45) is 0 Å². The first-order chi connectivity index (χ1) is 12.8. The number of H-pyrrole nitrogens is 1. The molecular weight excluding hydrogens is 322 g/mol. The van der Waals surface area contributed by atoms with Crippen molar-refractivity contribution in [3.8, 4) is 11.1 Å². The number of anilines is 1. The van der Waals surface area contributed by atoms with E-state index in [9.17, 15) is 0 Å². The molecule has 0 aliphatic carbocycles. The van der Waals surface area contributed by atoms with Crippen LogP contribution in [-0.2, 0) is 13.0 Å². The highest BCUT2D eigenvalue weighted by atomic mass is 15.2. The van der Waals surface area contributed by atoms with E-state index in [-0.39, 0.29) is 0 Å². The van der Waals surface area contributed by atoms with Crippen molar-refractivity contribution in [3.63, 3.8) is 0 Å². The normalized spacial score (nSPS) is 13.8. The summed E-state index contributed by atoms with van der Waals surface area (Å²) >= 11 is 0. The molecule has 1 N–H and O–H groups in total. The van der Waals surface area contributed by atoms with Crippen molar-refractivity contribution in [2.75, 3.05) is 11.4 Å². The standard InChI is InChI=1S/C21H19N5/c1-14-8-17(18-10-24-25-11-18)9-19-20(14)22-13-23-21(19)26-7-6-15-4-2-3-5-16(15)12-26/h2-5,8-11,13H,6-7,12H2,1H3,(H,24,25). The van der Waals surface area contributed by atoms with Crippen molar-refractivity contribution in [1.82, 2.24) is 20.2 Å². The molecule has 0 saturated carbocycles. The second-order valence-electron chi connectivity index (χ2n) is 6.81. The second-order valence-corrected chi connectivity index (χ2v) is 6.81. The number of aryl methyl sites for hydroxylation is 1. The van der Waals surface area contributed by atoms with Crippen molar-refractivity contribution >= 4 is 16.7 Å². The van der Waals surface area contributed by atoms with E-state index in [0.717, 1.165) is 52.9 Å². The van der Waals surface area contributed by atoms with Gasteiger partial charge in [0.2, 0.25) is 0 Å². The molecule has 128 valence electrons. The number of rotatable bonds is 2. The Balaban J connectivity index is 1.64. The van der Waals surface area contributed by atoms with E-state index in [0.29, 0.717) is 0 Å². The van der Waals surface area contributed by atoms with Crippen molar-refractivity contribution in [2.45, 2.75) is 19.9 Å². The third-order valence-corrected chi connectivity index (χ3v) is 5.17. The Morgan fingerprint density at radius 2 is 1.92 bits per heavy atom. The van der Waals surface area contributed by atoms with Crippen LogP contribution in [0.4, 0.5) is 5.82 Å². The summed E-state index contributed by atoms with van der Waals surface area (Å²) in [6.45, 7) is 3.96. The van der Waals surface area contributed by atoms with Crippen LogP contribution in [0.5, 0.6) is 0 Å². The van der Waals surface area contributed by atoms with Crippen molar-refractivity contribution < 1.29 is 0 Å². The van der Waals surface area contributed by atoms with Crippen LogP contribution in [0.15, 0.2) is 55.1 Å². The molecule has 5 heteroatoms. The molecule has 0 bridgehead atoms. The maximum atomic E-state index is 4.66. The van der Waals surface area contributed by atoms with Crippen molar-refractivity contribution in [1.29, 1.82) is 0 Å². The lowest BCUT2D eigenvalue weighted by molar-refractivity contribution is 0.723. The number of nitrogens with zero attached hydrogens (tertiary/aromatic N) is 4. The lowest BCUT2D eigenvalue weighted by atomic mass is 9.98. The van der Waals surface area contributed by atoms with Gasteiger partial charge in [-0.3, -0.25) is 5.10 Å². The summed E-state index contributed by atoms with van der Waals surface area (Å²) in [6, 6.07) is 13.0. The Bertz CT molecular complexity index is 1080. The molecule has 0 unspecified atom stereocenters. The molecule has 0 amide bonds. The molecule has 0 spiro atoms. The molecule has 0 fully saturated rings. The van der Waals surface area contributed by atoms with Crippen LogP contribution in [-0.4, -0.2) is 26.7 Å². The van der Waals surface area contributed by atoms with Crippen LogP contribution in [0.1, 0.15) is 16.7 Å². The summed E-state index contributed by atoms with van der Waals surface area (Å²) in [5.74, 6) is 1.01. The van der Waals surface area contributed by atoms with Gasteiger partial charge in [0.1, 0.15) is 12.1 Å². The predicted molar refractivity (Wildman–Crippen MR) is 103 cm³/mol. The Labute approximate surface area is 151 Å². The van der Waals surface area contributed by atoms with E-state index in [1.54, 1.807) is 6.33 Å². The quantitative estimate of drug-likeness (QED) is 0.601. The fourth-order valence-corrected chi connectivity index (χ4v) is 3.84. The number of aromatic amines is 1. The Morgan fingerprint density at radius 1 is 1.04 bits per heavy atom. The lowest BCUT2D eigenvalue weighted by Crippen LogP contribution is -2.31. The molecule has 0 radical (unpaired) electrons. The zero-order valence-electron chi connectivity index (χ0n) is 14.6. The van der Waals surface area contributed by atoms with E-state index < -0.39 is 0 Å². The van der Waals surface area contributed by atoms with Crippen LogP contribution in [0.25, 0.3) is 22.0 Å². The maximum Gasteiger partial charge on any atom is 0.140 e. The van der Waals surface area contributed by atoms with E-state index in [1.807, 2.05) is 12.4 Å². The molecule has 3 heterocycles. The number of aromatic nitrogens is 4. The third-order valence-electron chi connectivity index (χ3n) is 5.17. The van der Waals surface area contributed by atoms with E-state index in [2.05, 4.69) is 68.4 Å². The summed E-state index contributed by atoms with van der Waals surface area (Å²) < 4.78 is 0. The Morgan fingerprint density at radius 3 is 2.77 bits per heavy atom.